The highest BCUT2D eigenvalue weighted by Crippen LogP contribution is 2.26. The zero-order valence-electron chi connectivity index (χ0n) is 8.56. The van der Waals surface area contributed by atoms with Crippen molar-refractivity contribution >= 4 is 29.2 Å². The van der Waals surface area contributed by atoms with Crippen LogP contribution in [0.2, 0.25) is 0 Å². The van der Waals surface area contributed by atoms with E-state index in [1.807, 2.05) is 0 Å². The molecule has 0 fully saturated rings. The molecule has 0 heterocycles. The first-order valence-electron chi connectivity index (χ1n) is 4.13. The summed E-state index contributed by atoms with van der Waals surface area (Å²) in [6, 6.07) is 0. The summed E-state index contributed by atoms with van der Waals surface area (Å²) in [7, 11) is 0. The van der Waals surface area contributed by atoms with Crippen LogP contribution in [-0.2, 0) is 0 Å². The van der Waals surface area contributed by atoms with Crippen molar-refractivity contribution in [1.29, 1.82) is 0 Å². The van der Waals surface area contributed by atoms with Crippen LogP contribution in [0.5, 0.6) is 0 Å². The maximum absolute atomic E-state index is 4.89. The summed E-state index contributed by atoms with van der Waals surface area (Å²) in [6.07, 6.45) is 1.07. The predicted octanol–water partition coefficient (Wildman–Crippen LogP) is 3.01. The Hall–Kier alpha value is 0.240. The van der Waals surface area contributed by atoms with E-state index in [0.29, 0.717) is 9.74 Å². The minimum Gasteiger partial charge on any atom is -0.366 e. The summed E-state index contributed by atoms with van der Waals surface area (Å²) in [5.41, 5.74) is 0.353. The van der Waals surface area contributed by atoms with Crippen LogP contribution in [-0.4, -0.2) is 9.86 Å². The number of hydrogen-bond donors (Lipinski definition) is 2. The molecule has 0 aliphatic rings. The van der Waals surface area contributed by atoms with E-state index >= 15 is 0 Å². The third-order valence-electron chi connectivity index (χ3n) is 1.42. The third kappa shape index (κ3) is 6.92. The standard InChI is InChI=1S/C9H19NS2/c1-8(2,3)6-9(4,5)10-7(11)12/h6H2,1-5H3,(H2,10,11,12). The van der Waals surface area contributed by atoms with Crippen LogP contribution in [0.4, 0.5) is 0 Å². The van der Waals surface area contributed by atoms with Crippen molar-refractivity contribution in [1.82, 2.24) is 5.32 Å². The summed E-state index contributed by atoms with van der Waals surface area (Å²) in [5, 5.41) is 3.17. The molecule has 72 valence electrons. The Bertz CT molecular complexity index is 168. The van der Waals surface area contributed by atoms with E-state index in [1.54, 1.807) is 0 Å². The highest BCUT2D eigenvalue weighted by atomic mass is 32.1. The molecule has 0 aromatic heterocycles. The topological polar surface area (TPSA) is 12.0 Å². The number of nitrogens with one attached hydrogen (secondary N) is 1. The highest BCUT2D eigenvalue weighted by molar-refractivity contribution is 8.11. The van der Waals surface area contributed by atoms with E-state index in [2.05, 4.69) is 52.6 Å². The summed E-state index contributed by atoms with van der Waals surface area (Å²) in [6.45, 7) is 10.9. The number of hydrogen-bond acceptors (Lipinski definition) is 1. The van der Waals surface area contributed by atoms with Crippen molar-refractivity contribution in [2.75, 3.05) is 0 Å². The van der Waals surface area contributed by atoms with Gasteiger partial charge in [0.25, 0.3) is 0 Å². The Morgan fingerprint density at radius 1 is 1.25 bits per heavy atom. The van der Waals surface area contributed by atoms with Crippen molar-refractivity contribution < 1.29 is 0 Å². The maximum Gasteiger partial charge on any atom is 0.131 e. The first kappa shape index (κ1) is 12.2. The van der Waals surface area contributed by atoms with Gasteiger partial charge in [-0.1, -0.05) is 33.0 Å². The first-order chi connectivity index (χ1) is 5.12. The molecule has 0 atom stereocenters. The van der Waals surface area contributed by atoms with Gasteiger partial charge >= 0.3 is 0 Å². The Kier molecular flexibility index (Phi) is 4.04. The zero-order valence-corrected chi connectivity index (χ0v) is 10.3. The van der Waals surface area contributed by atoms with Gasteiger partial charge in [-0.15, -0.1) is 12.6 Å². The molecule has 0 bridgehead atoms. The van der Waals surface area contributed by atoms with Gasteiger partial charge < -0.3 is 5.32 Å². The minimum atomic E-state index is 0.0388. The molecule has 0 aliphatic heterocycles. The lowest BCUT2D eigenvalue weighted by Gasteiger charge is -2.33. The molecule has 12 heavy (non-hydrogen) atoms. The lowest BCUT2D eigenvalue weighted by Crippen LogP contribution is -2.43. The van der Waals surface area contributed by atoms with Crippen molar-refractivity contribution in [2.45, 2.75) is 46.6 Å². The van der Waals surface area contributed by atoms with Gasteiger partial charge in [0, 0.05) is 5.54 Å². The molecular formula is C9H19NS2. The molecule has 0 saturated heterocycles. The molecule has 0 aromatic rings. The molecule has 1 N–H and O–H groups in total. The molecule has 3 heteroatoms. The van der Waals surface area contributed by atoms with E-state index in [1.165, 1.54) is 0 Å². The third-order valence-corrected chi connectivity index (χ3v) is 1.63. The van der Waals surface area contributed by atoms with E-state index in [4.69, 9.17) is 12.2 Å². The molecule has 0 aliphatic carbocycles. The van der Waals surface area contributed by atoms with Crippen LogP contribution < -0.4 is 5.32 Å². The molecule has 0 aromatic carbocycles. The summed E-state index contributed by atoms with van der Waals surface area (Å²) in [5.74, 6) is 0. The maximum atomic E-state index is 4.89. The van der Waals surface area contributed by atoms with Crippen LogP contribution in [0, 0.1) is 5.41 Å². The van der Waals surface area contributed by atoms with Gasteiger partial charge in [-0.3, -0.25) is 0 Å². The largest absolute Gasteiger partial charge is 0.366 e. The molecule has 1 nitrogen and oxygen atoms in total. The molecular weight excluding hydrogens is 186 g/mol. The average molecular weight is 205 g/mol. The molecule has 0 spiro atoms. The normalized spacial score (nSPS) is 12.8. The number of thiol groups is 1. The quantitative estimate of drug-likeness (QED) is 0.531. The Morgan fingerprint density at radius 2 is 1.67 bits per heavy atom. The van der Waals surface area contributed by atoms with Gasteiger partial charge in [0.05, 0.1) is 0 Å². The van der Waals surface area contributed by atoms with Crippen LogP contribution >= 0.6 is 24.8 Å². The highest BCUT2D eigenvalue weighted by Gasteiger charge is 2.25. The van der Waals surface area contributed by atoms with Gasteiger partial charge in [-0.25, -0.2) is 0 Å². The average Bonchev–Trinajstić information content (AvgIpc) is 1.48. The zero-order chi connectivity index (χ0) is 9.99. The minimum absolute atomic E-state index is 0.0388. The predicted molar refractivity (Wildman–Crippen MR) is 62.9 cm³/mol. The molecule has 0 saturated carbocycles. The number of rotatable bonds is 2. The summed E-state index contributed by atoms with van der Waals surface area (Å²) >= 11 is 8.95. The smallest absolute Gasteiger partial charge is 0.131 e. The van der Waals surface area contributed by atoms with Crippen molar-refractivity contribution in [2.24, 2.45) is 5.41 Å². The second-order valence-corrected chi connectivity index (χ2v) is 6.21. The second kappa shape index (κ2) is 3.97. The SMILES string of the molecule is CC(C)(C)CC(C)(C)NC(=S)S. The van der Waals surface area contributed by atoms with Gasteiger partial charge in [-0.2, -0.15) is 0 Å². The van der Waals surface area contributed by atoms with Crippen molar-refractivity contribution in [3.8, 4) is 0 Å². The second-order valence-electron chi connectivity index (χ2n) is 5.05. The van der Waals surface area contributed by atoms with Gasteiger partial charge in [0.2, 0.25) is 0 Å². The molecule has 0 radical (unpaired) electrons. The van der Waals surface area contributed by atoms with Gasteiger partial charge in [-0.05, 0) is 25.7 Å². The van der Waals surface area contributed by atoms with Crippen molar-refractivity contribution in [3.63, 3.8) is 0 Å². The Labute approximate surface area is 86.7 Å². The molecule has 0 rings (SSSR count). The monoisotopic (exact) mass is 205 g/mol. The Balaban J connectivity index is 4.13. The van der Waals surface area contributed by atoms with Crippen LogP contribution in [0.3, 0.4) is 0 Å². The molecule has 0 amide bonds. The van der Waals surface area contributed by atoms with Crippen molar-refractivity contribution in [3.05, 3.63) is 0 Å². The fourth-order valence-electron chi connectivity index (χ4n) is 1.66. The number of thiocarbonyl (C=S) groups is 1. The van der Waals surface area contributed by atoms with E-state index in [0.717, 1.165) is 6.42 Å². The molecule has 0 unspecified atom stereocenters. The van der Waals surface area contributed by atoms with Crippen LogP contribution in [0.1, 0.15) is 41.0 Å². The fourth-order valence-corrected chi connectivity index (χ4v) is 2.24. The Morgan fingerprint density at radius 3 is 1.92 bits per heavy atom. The van der Waals surface area contributed by atoms with Crippen LogP contribution in [0.15, 0.2) is 0 Å². The summed E-state index contributed by atoms with van der Waals surface area (Å²) < 4.78 is 0.573. The van der Waals surface area contributed by atoms with Gasteiger partial charge in [0.1, 0.15) is 4.32 Å². The lowest BCUT2D eigenvalue weighted by atomic mass is 9.82. The van der Waals surface area contributed by atoms with E-state index < -0.39 is 0 Å². The first-order valence-corrected chi connectivity index (χ1v) is 4.99. The van der Waals surface area contributed by atoms with E-state index in [9.17, 15) is 0 Å². The lowest BCUT2D eigenvalue weighted by molar-refractivity contribution is 0.269. The fraction of sp³-hybridized carbons (Fsp3) is 0.889. The van der Waals surface area contributed by atoms with Gasteiger partial charge in [0.15, 0.2) is 0 Å². The van der Waals surface area contributed by atoms with E-state index in [-0.39, 0.29) is 5.54 Å². The summed E-state index contributed by atoms with van der Waals surface area (Å²) in [4.78, 5) is 0. The van der Waals surface area contributed by atoms with Crippen LogP contribution in [0.25, 0.3) is 0 Å².